The van der Waals surface area contributed by atoms with Crippen LogP contribution in [0.15, 0.2) is 11.6 Å². The molecular formula is C19H34O4. The molecule has 134 valence electrons. The molecule has 4 heteroatoms. The molecule has 1 atom stereocenters. The fourth-order valence-electron chi connectivity index (χ4n) is 2.74. The smallest absolute Gasteiger partial charge is 0.331 e. The lowest BCUT2D eigenvalue weighted by atomic mass is 9.95. The lowest BCUT2D eigenvalue weighted by Gasteiger charge is -2.11. The monoisotopic (exact) mass is 326 g/mol. The van der Waals surface area contributed by atoms with Crippen LogP contribution in [-0.4, -0.2) is 22.2 Å². The summed E-state index contributed by atoms with van der Waals surface area (Å²) < 4.78 is 0. The summed E-state index contributed by atoms with van der Waals surface area (Å²) in [7, 11) is 0. The summed E-state index contributed by atoms with van der Waals surface area (Å²) in [6.07, 6.45) is 14.7. The lowest BCUT2D eigenvalue weighted by molar-refractivity contribution is -0.135. The number of carbonyl (C=O) groups is 2. The van der Waals surface area contributed by atoms with E-state index in [2.05, 4.69) is 13.8 Å². The van der Waals surface area contributed by atoms with Crippen LogP contribution in [0.1, 0.15) is 90.9 Å². The molecule has 0 saturated heterocycles. The highest BCUT2D eigenvalue weighted by Gasteiger charge is 2.11. The van der Waals surface area contributed by atoms with Crippen LogP contribution >= 0.6 is 0 Å². The van der Waals surface area contributed by atoms with Crippen molar-refractivity contribution < 1.29 is 19.8 Å². The van der Waals surface area contributed by atoms with E-state index < -0.39 is 11.9 Å². The Balaban J connectivity index is 3.65. The molecule has 0 spiro atoms. The quantitative estimate of drug-likeness (QED) is 0.311. The van der Waals surface area contributed by atoms with E-state index in [9.17, 15) is 9.59 Å². The summed E-state index contributed by atoms with van der Waals surface area (Å²) in [5.74, 6) is -1.87. The van der Waals surface area contributed by atoms with Crippen LogP contribution in [0.2, 0.25) is 0 Å². The average molecular weight is 326 g/mol. The second-order valence-electron chi connectivity index (χ2n) is 6.57. The standard InChI is InChI=1S/C19H34O4/c1-3-4-5-6-7-8-9-10-11-12-16(2)13-14-17(19(22)23)15-18(20)21/h15-16H,3-14H2,1-2H3,(H,20,21)(H,22,23). The van der Waals surface area contributed by atoms with Gasteiger partial charge in [-0.2, -0.15) is 0 Å². The maximum Gasteiger partial charge on any atom is 0.331 e. The molecule has 0 aliphatic heterocycles. The van der Waals surface area contributed by atoms with Crippen molar-refractivity contribution in [2.24, 2.45) is 5.92 Å². The summed E-state index contributed by atoms with van der Waals surface area (Å²) >= 11 is 0. The molecule has 0 heterocycles. The van der Waals surface area contributed by atoms with Crippen molar-refractivity contribution in [3.05, 3.63) is 11.6 Å². The predicted molar refractivity (Wildman–Crippen MR) is 93.6 cm³/mol. The Morgan fingerprint density at radius 2 is 1.39 bits per heavy atom. The molecule has 0 aliphatic carbocycles. The first-order chi connectivity index (χ1) is 11.0. The van der Waals surface area contributed by atoms with Crippen LogP contribution < -0.4 is 0 Å². The van der Waals surface area contributed by atoms with Crippen molar-refractivity contribution >= 4 is 11.9 Å². The maximum atomic E-state index is 10.9. The van der Waals surface area contributed by atoms with Gasteiger partial charge >= 0.3 is 11.9 Å². The molecule has 0 saturated carbocycles. The molecule has 1 unspecified atom stereocenters. The minimum atomic E-state index is -1.19. The number of hydrogen-bond acceptors (Lipinski definition) is 2. The fraction of sp³-hybridized carbons (Fsp3) is 0.789. The molecule has 4 nitrogen and oxygen atoms in total. The van der Waals surface area contributed by atoms with E-state index in [1.54, 1.807) is 0 Å². The van der Waals surface area contributed by atoms with Gasteiger partial charge in [0.2, 0.25) is 0 Å². The van der Waals surface area contributed by atoms with Gasteiger partial charge in [-0.05, 0) is 18.8 Å². The molecule has 0 aliphatic rings. The van der Waals surface area contributed by atoms with Crippen molar-refractivity contribution in [3.8, 4) is 0 Å². The van der Waals surface area contributed by atoms with Crippen molar-refractivity contribution in [1.29, 1.82) is 0 Å². The van der Waals surface area contributed by atoms with Gasteiger partial charge in [-0.25, -0.2) is 9.59 Å². The molecule has 0 aromatic rings. The van der Waals surface area contributed by atoms with Gasteiger partial charge in [0, 0.05) is 11.6 Å². The van der Waals surface area contributed by atoms with E-state index in [4.69, 9.17) is 10.2 Å². The van der Waals surface area contributed by atoms with Crippen molar-refractivity contribution in [2.75, 3.05) is 0 Å². The Labute approximate surface area is 141 Å². The largest absolute Gasteiger partial charge is 0.478 e. The summed E-state index contributed by atoms with van der Waals surface area (Å²) in [6, 6.07) is 0. The highest BCUT2D eigenvalue weighted by molar-refractivity contribution is 5.94. The van der Waals surface area contributed by atoms with Gasteiger partial charge < -0.3 is 10.2 Å². The Kier molecular flexibility index (Phi) is 13.5. The van der Waals surface area contributed by atoms with Gasteiger partial charge in [-0.1, -0.05) is 78.1 Å². The third-order valence-corrected chi connectivity index (χ3v) is 4.28. The zero-order chi connectivity index (χ0) is 17.5. The van der Waals surface area contributed by atoms with Crippen LogP contribution in [-0.2, 0) is 9.59 Å². The molecule has 0 rings (SSSR count). The minimum Gasteiger partial charge on any atom is -0.478 e. The van der Waals surface area contributed by atoms with E-state index in [1.807, 2.05) is 0 Å². The van der Waals surface area contributed by atoms with Gasteiger partial charge in [0.15, 0.2) is 0 Å². The number of rotatable bonds is 15. The number of aliphatic carboxylic acids is 2. The first-order valence-corrected chi connectivity index (χ1v) is 9.14. The Morgan fingerprint density at radius 3 is 1.87 bits per heavy atom. The second-order valence-corrected chi connectivity index (χ2v) is 6.57. The first-order valence-electron chi connectivity index (χ1n) is 9.14. The van der Waals surface area contributed by atoms with Crippen molar-refractivity contribution in [1.82, 2.24) is 0 Å². The van der Waals surface area contributed by atoms with Gasteiger partial charge in [-0.15, -0.1) is 0 Å². The third kappa shape index (κ3) is 14.0. The van der Waals surface area contributed by atoms with Gasteiger partial charge in [0.25, 0.3) is 0 Å². The van der Waals surface area contributed by atoms with E-state index in [0.717, 1.165) is 18.9 Å². The molecule has 2 N–H and O–H groups in total. The Morgan fingerprint density at radius 1 is 0.870 bits per heavy atom. The Bertz CT molecular complexity index is 360. The summed E-state index contributed by atoms with van der Waals surface area (Å²) in [5, 5.41) is 17.6. The fourth-order valence-corrected chi connectivity index (χ4v) is 2.74. The molecule has 0 radical (unpaired) electrons. The normalized spacial score (nSPS) is 13.0. The molecule has 0 bridgehead atoms. The van der Waals surface area contributed by atoms with Crippen LogP contribution in [0.25, 0.3) is 0 Å². The topological polar surface area (TPSA) is 74.6 Å². The third-order valence-electron chi connectivity index (χ3n) is 4.28. The first kappa shape index (κ1) is 21.7. The molecule has 0 amide bonds. The molecule has 0 aromatic heterocycles. The Hall–Kier alpha value is -1.32. The zero-order valence-corrected chi connectivity index (χ0v) is 14.9. The number of hydrogen-bond donors (Lipinski definition) is 2. The van der Waals surface area contributed by atoms with Crippen molar-refractivity contribution in [2.45, 2.75) is 90.9 Å². The van der Waals surface area contributed by atoms with Crippen molar-refractivity contribution in [3.63, 3.8) is 0 Å². The van der Waals surface area contributed by atoms with E-state index in [-0.39, 0.29) is 5.57 Å². The molecular weight excluding hydrogens is 292 g/mol. The minimum absolute atomic E-state index is 0.00331. The van der Waals surface area contributed by atoms with Gasteiger partial charge in [-0.3, -0.25) is 0 Å². The molecule has 0 fully saturated rings. The summed E-state index contributed by atoms with van der Waals surface area (Å²) in [4.78, 5) is 21.5. The lowest BCUT2D eigenvalue weighted by Crippen LogP contribution is -2.06. The molecule has 23 heavy (non-hydrogen) atoms. The van der Waals surface area contributed by atoms with E-state index >= 15 is 0 Å². The van der Waals surface area contributed by atoms with E-state index in [1.165, 1.54) is 57.8 Å². The predicted octanol–water partition coefficient (Wildman–Crippen LogP) is 5.42. The second kappa shape index (κ2) is 14.3. The average Bonchev–Trinajstić information content (AvgIpc) is 2.49. The van der Waals surface area contributed by atoms with Crippen LogP contribution in [0.4, 0.5) is 0 Å². The zero-order valence-electron chi connectivity index (χ0n) is 14.9. The summed E-state index contributed by atoms with van der Waals surface area (Å²) in [5.41, 5.74) is -0.00331. The van der Waals surface area contributed by atoms with Gasteiger partial charge in [0.05, 0.1) is 0 Å². The summed E-state index contributed by atoms with van der Waals surface area (Å²) in [6.45, 7) is 4.35. The van der Waals surface area contributed by atoms with Crippen LogP contribution in [0, 0.1) is 5.92 Å². The number of carboxylic acid groups (broad SMARTS) is 2. The molecule has 0 aromatic carbocycles. The maximum absolute atomic E-state index is 10.9. The number of carboxylic acids is 2. The van der Waals surface area contributed by atoms with Crippen LogP contribution in [0.3, 0.4) is 0 Å². The highest BCUT2D eigenvalue weighted by atomic mass is 16.4. The number of unbranched alkanes of at least 4 members (excludes halogenated alkanes) is 8. The van der Waals surface area contributed by atoms with Gasteiger partial charge in [0.1, 0.15) is 0 Å². The van der Waals surface area contributed by atoms with Crippen LogP contribution in [0.5, 0.6) is 0 Å². The van der Waals surface area contributed by atoms with E-state index in [0.29, 0.717) is 12.3 Å². The SMILES string of the molecule is CCCCCCCCCCCC(C)CCC(=CC(=O)O)C(=O)O. The highest BCUT2D eigenvalue weighted by Crippen LogP contribution is 2.19.